The van der Waals surface area contributed by atoms with Crippen LogP contribution in [0.2, 0.25) is 0 Å². The van der Waals surface area contributed by atoms with Crippen molar-refractivity contribution in [3.63, 3.8) is 0 Å². The molecule has 1 aromatic rings. The van der Waals surface area contributed by atoms with Crippen LogP contribution in [0.4, 0.5) is 13.2 Å². The fourth-order valence-electron chi connectivity index (χ4n) is 1.30. The van der Waals surface area contributed by atoms with Crippen molar-refractivity contribution in [1.82, 2.24) is 4.98 Å². The average Bonchev–Trinajstić information content (AvgIpc) is 2.65. The Morgan fingerprint density at radius 3 is 2.68 bits per heavy atom. The van der Waals surface area contributed by atoms with Crippen molar-refractivity contribution in [1.29, 1.82) is 0 Å². The molecule has 10 heteroatoms. The molecular formula is C9H10F3N3OS3. The summed E-state index contributed by atoms with van der Waals surface area (Å²) in [6.45, 7) is 1.91. The average molecular weight is 329 g/mol. The number of aromatic nitrogens is 1. The van der Waals surface area contributed by atoms with Gasteiger partial charge in [0.25, 0.3) is 9.92 Å². The number of aryl methyl sites for hydroxylation is 1. The first kappa shape index (κ1) is 14.8. The second kappa shape index (κ2) is 5.41. The van der Waals surface area contributed by atoms with Crippen LogP contribution in [-0.4, -0.2) is 26.3 Å². The first-order valence-electron chi connectivity index (χ1n) is 5.21. The fraction of sp³-hybridized carbons (Fsp3) is 0.556. The topological polar surface area (TPSA) is 54.7 Å². The van der Waals surface area contributed by atoms with Crippen LogP contribution in [0.1, 0.15) is 17.1 Å². The summed E-state index contributed by atoms with van der Waals surface area (Å²) in [7, 11) is -4.35. The van der Waals surface area contributed by atoms with Crippen LogP contribution >= 0.6 is 23.1 Å². The highest BCUT2D eigenvalue weighted by Gasteiger charge is 2.47. The van der Waals surface area contributed by atoms with E-state index in [9.17, 15) is 17.4 Å². The third-order valence-electron chi connectivity index (χ3n) is 2.15. The zero-order valence-electron chi connectivity index (χ0n) is 9.81. The molecule has 106 valence electrons. The number of alkyl halides is 3. The van der Waals surface area contributed by atoms with E-state index < -0.39 is 15.4 Å². The van der Waals surface area contributed by atoms with Crippen LogP contribution in [0.3, 0.4) is 0 Å². The van der Waals surface area contributed by atoms with Gasteiger partial charge in [-0.15, -0.1) is 11.3 Å². The molecule has 19 heavy (non-hydrogen) atoms. The summed E-state index contributed by atoms with van der Waals surface area (Å²) in [4.78, 5) is 4.27. The monoisotopic (exact) mass is 329 g/mol. The van der Waals surface area contributed by atoms with Crippen LogP contribution in [0.5, 0.6) is 0 Å². The van der Waals surface area contributed by atoms with Crippen LogP contribution in [0.25, 0.3) is 0 Å². The van der Waals surface area contributed by atoms with E-state index in [1.54, 1.807) is 11.3 Å². The Labute approximate surface area is 116 Å². The van der Waals surface area contributed by atoms with Gasteiger partial charge in [-0.3, -0.25) is 0 Å². The largest absolute Gasteiger partial charge is 0.500 e. The van der Waals surface area contributed by atoms with E-state index >= 15 is 0 Å². The molecule has 0 aliphatic carbocycles. The summed E-state index contributed by atoms with van der Waals surface area (Å²) in [5.41, 5.74) is -3.90. The van der Waals surface area contributed by atoms with Gasteiger partial charge in [-0.05, 0) is 6.92 Å². The maximum absolute atomic E-state index is 12.2. The Morgan fingerprint density at radius 1 is 1.47 bits per heavy atom. The highest BCUT2D eigenvalue weighted by atomic mass is 32.2. The number of thioether (sulfide) groups is 1. The molecular weight excluding hydrogens is 319 g/mol. The Hall–Kier alpha value is -0.610. The first-order valence-corrected chi connectivity index (χ1v) is 8.72. The third kappa shape index (κ3) is 3.48. The van der Waals surface area contributed by atoms with Crippen LogP contribution in [0.15, 0.2) is 14.1 Å². The minimum Gasteiger partial charge on any atom is -0.246 e. The van der Waals surface area contributed by atoms with Gasteiger partial charge in [0.1, 0.15) is 0 Å². The summed E-state index contributed by atoms with van der Waals surface area (Å²) in [5, 5.41) is 2.93. The highest BCUT2D eigenvalue weighted by Crippen LogP contribution is 2.32. The van der Waals surface area contributed by atoms with Crippen molar-refractivity contribution in [3.05, 3.63) is 16.1 Å². The normalized spacial score (nSPS) is 22.6. The Kier molecular flexibility index (Phi) is 4.21. The number of nitrogens with zero attached hydrogens (tertiary/aromatic N) is 3. The molecule has 4 nitrogen and oxygen atoms in total. The predicted octanol–water partition coefficient (Wildman–Crippen LogP) is 3.39. The van der Waals surface area contributed by atoms with Gasteiger partial charge in [-0.25, -0.2) is 9.19 Å². The van der Waals surface area contributed by atoms with E-state index in [-0.39, 0.29) is 5.84 Å². The maximum Gasteiger partial charge on any atom is 0.500 e. The van der Waals surface area contributed by atoms with E-state index in [0.717, 1.165) is 10.7 Å². The zero-order valence-corrected chi connectivity index (χ0v) is 12.3. The maximum atomic E-state index is 12.2. The van der Waals surface area contributed by atoms with E-state index in [1.165, 1.54) is 11.8 Å². The Balaban J connectivity index is 1.72. The molecule has 0 bridgehead atoms. The van der Waals surface area contributed by atoms with Crippen molar-refractivity contribution < 1.29 is 17.4 Å². The lowest BCUT2D eigenvalue weighted by Gasteiger charge is -2.16. The number of thiazole rings is 1. The van der Waals surface area contributed by atoms with Crippen molar-refractivity contribution in [2.24, 2.45) is 8.76 Å². The Bertz CT molecular complexity index is 614. The predicted molar refractivity (Wildman–Crippen MR) is 71.7 cm³/mol. The van der Waals surface area contributed by atoms with Crippen molar-refractivity contribution in [2.45, 2.75) is 24.6 Å². The van der Waals surface area contributed by atoms with E-state index in [1.807, 2.05) is 12.3 Å². The smallest absolute Gasteiger partial charge is 0.246 e. The third-order valence-corrected chi connectivity index (χ3v) is 5.48. The lowest BCUT2D eigenvalue weighted by atomic mass is 10.5. The molecule has 1 aliphatic heterocycles. The highest BCUT2D eigenvalue weighted by molar-refractivity contribution is 7.98. The molecule has 2 rings (SSSR count). The first-order chi connectivity index (χ1) is 8.80. The van der Waals surface area contributed by atoms with E-state index in [0.29, 0.717) is 17.9 Å². The standard InChI is InChI=1S/C9H10F3N3OS3/c1-6-13-7(5-18-6)4-17-3-2-8-14-19(16,15-8)9(10,11)12/h5H,2-4H2,1H3. The van der Waals surface area contributed by atoms with E-state index in [4.69, 9.17) is 0 Å². The van der Waals surface area contributed by atoms with Crippen molar-refractivity contribution in [2.75, 3.05) is 5.75 Å². The molecule has 0 saturated heterocycles. The van der Waals surface area contributed by atoms with Gasteiger partial charge in [0.15, 0.2) is 5.84 Å². The minimum absolute atomic E-state index is 0.0317. The van der Waals surface area contributed by atoms with Gasteiger partial charge in [-0.2, -0.15) is 33.7 Å². The van der Waals surface area contributed by atoms with Crippen molar-refractivity contribution in [3.8, 4) is 0 Å². The quantitative estimate of drug-likeness (QED) is 0.778. The molecule has 2 heterocycles. The zero-order chi connectivity index (χ0) is 14.1. The molecule has 0 aromatic carbocycles. The van der Waals surface area contributed by atoms with Gasteiger partial charge >= 0.3 is 5.51 Å². The molecule has 0 spiro atoms. The number of halogens is 3. The lowest BCUT2D eigenvalue weighted by molar-refractivity contribution is -0.0404. The lowest BCUT2D eigenvalue weighted by Crippen LogP contribution is -2.28. The van der Waals surface area contributed by atoms with Crippen LogP contribution < -0.4 is 0 Å². The molecule has 0 N–H and O–H groups in total. The summed E-state index contributed by atoms with van der Waals surface area (Å²) >= 11 is 3.09. The summed E-state index contributed by atoms with van der Waals surface area (Å²) < 4.78 is 53.8. The molecule has 1 atom stereocenters. The number of amidine groups is 1. The molecule has 0 amide bonds. The van der Waals surface area contributed by atoms with Crippen molar-refractivity contribution >= 4 is 38.8 Å². The van der Waals surface area contributed by atoms with Gasteiger partial charge < -0.3 is 0 Å². The number of rotatable bonds is 5. The second-order valence-electron chi connectivity index (χ2n) is 3.70. The summed E-state index contributed by atoms with van der Waals surface area (Å²) in [6, 6.07) is 0. The molecule has 1 aliphatic rings. The molecule has 0 fully saturated rings. The van der Waals surface area contributed by atoms with Crippen LogP contribution in [-0.2, 0) is 15.7 Å². The minimum atomic E-state index is -4.86. The van der Waals surface area contributed by atoms with Gasteiger partial charge in [0, 0.05) is 23.3 Å². The van der Waals surface area contributed by atoms with E-state index in [2.05, 4.69) is 13.7 Å². The van der Waals surface area contributed by atoms with Gasteiger partial charge in [-0.1, -0.05) is 0 Å². The number of hydrogen-bond donors (Lipinski definition) is 0. The van der Waals surface area contributed by atoms with Gasteiger partial charge in [0.05, 0.1) is 10.7 Å². The molecule has 1 unspecified atom stereocenters. The molecule has 0 saturated carbocycles. The number of hydrogen-bond acceptors (Lipinski definition) is 5. The van der Waals surface area contributed by atoms with Gasteiger partial charge in [0.2, 0.25) is 0 Å². The second-order valence-corrected chi connectivity index (χ2v) is 7.69. The molecule has 1 aromatic heterocycles. The van der Waals surface area contributed by atoms with Crippen LogP contribution in [0, 0.1) is 6.92 Å². The molecule has 0 radical (unpaired) electrons. The summed E-state index contributed by atoms with van der Waals surface area (Å²) in [5.74, 6) is 1.31. The fourth-order valence-corrected chi connectivity index (χ4v) is 3.82. The Morgan fingerprint density at radius 2 is 2.16 bits per heavy atom. The summed E-state index contributed by atoms with van der Waals surface area (Å²) in [6.07, 6.45) is 0.293. The SMILES string of the molecule is Cc1nc(CSCCC2=NS(=O)(C(F)(F)F)=N2)cs1.